The van der Waals surface area contributed by atoms with Crippen LogP contribution >= 0.6 is 0 Å². The van der Waals surface area contributed by atoms with Crippen molar-refractivity contribution in [2.24, 2.45) is 5.73 Å². The van der Waals surface area contributed by atoms with Gasteiger partial charge in [0.2, 0.25) is 0 Å². The highest BCUT2D eigenvalue weighted by atomic mass is 16.5. The predicted molar refractivity (Wildman–Crippen MR) is 52.7 cm³/mol. The third kappa shape index (κ3) is 1.91. The molecule has 0 aromatic carbocycles. The number of aromatic nitrogens is 2. The van der Waals surface area contributed by atoms with Gasteiger partial charge in [0.25, 0.3) is 0 Å². The van der Waals surface area contributed by atoms with Gasteiger partial charge in [-0.3, -0.25) is 0 Å². The van der Waals surface area contributed by atoms with Crippen molar-refractivity contribution in [1.29, 1.82) is 0 Å². The van der Waals surface area contributed by atoms with E-state index in [9.17, 15) is 0 Å². The first kappa shape index (κ1) is 9.55. The average Bonchev–Trinajstić information content (AvgIpc) is 2.71. The molecule has 0 bridgehead atoms. The molecule has 0 radical (unpaired) electrons. The van der Waals surface area contributed by atoms with Gasteiger partial charge in [-0.15, -0.1) is 0 Å². The zero-order chi connectivity index (χ0) is 9.97. The van der Waals surface area contributed by atoms with Crippen molar-refractivity contribution in [3.05, 3.63) is 23.8 Å². The Hall–Kier alpha value is -1.00. The minimum Gasteiger partial charge on any atom is -0.376 e. The molecule has 2 heterocycles. The number of aryl methyl sites for hydroxylation is 1. The fourth-order valence-electron chi connectivity index (χ4n) is 1.68. The first-order valence-corrected chi connectivity index (χ1v) is 4.93. The SMILES string of the molecule is Cc1ncc([C@@H](N)[C@H]2CCCO2)cn1. The zero-order valence-corrected chi connectivity index (χ0v) is 8.31. The number of hydrogen-bond acceptors (Lipinski definition) is 4. The number of nitrogens with two attached hydrogens (primary N) is 1. The van der Waals surface area contributed by atoms with E-state index in [0.717, 1.165) is 30.8 Å². The summed E-state index contributed by atoms with van der Waals surface area (Å²) in [6.45, 7) is 2.69. The molecule has 2 rings (SSSR count). The third-order valence-corrected chi connectivity index (χ3v) is 2.55. The second kappa shape index (κ2) is 4.02. The number of rotatable bonds is 2. The molecule has 2 N–H and O–H groups in total. The van der Waals surface area contributed by atoms with Gasteiger partial charge in [0, 0.05) is 24.6 Å². The summed E-state index contributed by atoms with van der Waals surface area (Å²) in [5.41, 5.74) is 7.01. The summed E-state index contributed by atoms with van der Waals surface area (Å²) in [5, 5.41) is 0. The Balaban J connectivity index is 2.09. The van der Waals surface area contributed by atoms with Crippen LogP contribution in [-0.4, -0.2) is 22.7 Å². The lowest BCUT2D eigenvalue weighted by Gasteiger charge is -2.17. The highest BCUT2D eigenvalue weighted by Crippen LogP contribution is 2.23. The van der Waals surface area contributed by atoms with Crippen LogP contribution in [0.4, 0.5) is 0 Å². The highest BCUT2D eigenvalue weighted by Gasteiger charge is 2.24. The highest BCUT2D eigenvalue weighted by molar-refractivity contribution is 5.12. The Morgan fingerprint density at radius 2 is 2.21 bits per heavy atom. The van der Waals surface area contributed by atoms with E-state index in [4.69, 9.17) is 10.5 Å². The molecule has 0 unspecified atom stereocenters. The van der Waals surface area contributed by atoms with E-state index in [-0.39, 0.29) is 12.1 Å². The number of hydrogen-bond donors (Lipinski definition) is 1. The van der Waals surface area contributed by atoms with Crippen LogP contribution in [0.5, 0.6) is 0 Å². The topological polar surface area (TPSA) is 61.0 Å². The summed E-state index contributed by atoms with van der Waals surface area (Å²) in [7, 11) is 0. The zero-order valence-electron chi connectivity index (χ0n) is 8.31. The van der Waals surface area contributed by atoms with E-state index in [1.165, 1.54) is 0 Å². The first-order valence-electron chi connectivity index (χ1n) is 4.93. The van der Waals surface area contributed by atoms with Crippen LogP contribution in [0.1, 0.15) is 30.3 Å². The van der Waals surface area contributed by atoms with Gasteiger partial charge in [-0.1, -0.05) is 0 Å². The Bertz CT molecular complexity index is 293. The van der Waals surface area contributed by atoms with Crippen LogP contribution in [0.3, 0.4) is 0 Å². The van der Waals surface area contributed by atoms with Crippen molar-refractivity contribution in [1.82, 2.24) is 9.97 Å². The van der Waals surface area contributed by atoms with E-state index in [2.05, 4.69) is 9.97 Å². The van der Waals surface area contributed by atoms with Crippen molar-refractivity contribution in [3.8, 4) is 0 Å². The first-order chi connectivity index (χ1) is 6.77. The molecule has 1 aliphatic heterocycles. The molecule has 1 aromatic rings. The average molecular weight is 193 g/mol. The van der Waals surface area contributed by atoms with Crippen LogP contribution < -0.4 is 5.73 Å². The number of nitrogens with zero attached hydrogens (tertiary/aromatic N) is 2. The molecular weight excluding hydrogens is 178 g/mol. The third-order valence-electron chi connectivity index (χ3n) is 2.55. The lowest BCUT2D eigenvalue weighted by Crippen LogP contribution is -2.25. The molecule has 0 amide bonds. The summed E-state index contributed by atoms with van der Waals surface area (Å²) in [5.74, 6) is 0.772. The van der Waals surface area contributed by atoms with Gasteiger partial charge < -0.3 is 10.5 Å². The minimum atomic E-state index is -0.0851. The van der Waals surface area contributed by atoms with Gasteiger partial charge in [-0.05, 0) is 19.8 Å². The van der Waals surface area contributed by atoms with E-state index in [1.54, 1.807) is 12.4 Å². The summed E-state index contributed by atoms with van der Waals surface area (Å²) in [6.07, 6.45) is 5.85. The van der Waals surface area contributed by atoms with Crippen LogP contribution in [0, 0.1) is 6.92 Å². The van der Waals surface area contributed by atoms with Gasteiger partial charge in [0.15, 0.2) is 0 Å². The van der Waals surface area contributed by atoms with E-state index < -0.39 is 0 Å². The molecule has 4 nitrogen and oxygen atoms in total. The smallest absolute Gasteiger partial charge is 0.125 e. The predicted octanol–water partition coefficient (Wildman–Crippen LogP) is 0.964. The fourth-order valence-corrected chi connectivity index (χ4v) is 1.68. The molecule has 76 valence electrons. The monoisotopic (exact) mass is 193 g/mol. The van der Waals surface area contributed by atoms with Crippen molar-refractivity contribution in [2.45, 2.75) is 31.9 Å². The maximum absolute atomic E-state index is 6.05. The van der Waals surface area contributed by atoms with Crippen molar-refractivity contribution >= 4 is 0 Å². The maximum atomic E-state index is 6.05. The lowest BCUT2D eigenvalue weighted by atomic mass is 10.0. The van der Waals surface area contributed by atoms with Crippen molar-refractivity contribution in [2.75, 3.05) is 6.61 Å². The fraction of sp³-hybridized carbons (Fsp3) is 0.600. The molecule has 1 fully saturated rings. The van der Waals surface area contributed by atoms with Crippen LogP contribution in [0.15, 0.2) is 12.4 Å². The molecule has 1 aromatic heterocycles. The summed E-state index contributed by atoms with van der Waals surface area (Å²) in [6, 6.07) is -0.0851. The molecule has 0 saturated carbocycles. The molecule has 2 atom stereocenters. The van der Waals surface area contributed by atoms with Gasteiger partial charge >= 0.3 is 0 Å². The number of ether oxygens (including phenoxy) is 1. The van der Waals surface area contributed by atoms with Crippen molar-refractivity contribution in [3.63, 3.8) is 0 Å². The van der Waals surface area contributed by atoms with Crippen molar-refractivity contribution < 1.29 is 4.74 Å². The van der Waals surface area contributed by atoms with Gasteiger partial charge in [-0.2, -0.15) is 0 Å². The molecule has 0 aliphatic carbocycles. The van der Waals surface area contributed by atoms with Gasteiger partial charge in [-0.25, -0.2) is 9.97 Å². The van der Waals surface area contributed by atoms with E-state index in [0.29, 0.717) is 0 Å². The van der Waals surface area contributed by atoms with E-state index in [1.807, 2.05) is 6.92 Å². The summed E-state index contributed by atoms with van der Waals surface area (Å²) >= 11 is 0. The Morgan fingerprint density at radius 3 is 2.79 bits per heavy atom. The Kier molecular flexibility index (Phi) is 2.74. The Morgan fingerprint density at radius 1 is 1.50 bits per heavy atom. The molecular formula is C10H15N3O. The second-order valence-corrected chi connectivity index (χ2v) is 3.64. The molecule has 4 heteroatoms. The van der Waals surface area contributed by atoms with Crippen LogP contribution in [0.2, 0.25) is 0 Å². The van der Waals surface area contributed by atoms with Crippen LogP contribution in [-0.2, 0) is 4.74 Å². The molecule has 14 heavy (non-hydrogen) atoms. The lowest BCUT2D eigenvalue weighted by molar-refractivity contribution is 0.0898. The standard InChI is InChI=1S/C10H15N3O/c1-7-12-5-8(6-13-7)10(11)9-3-2-4-14-9/h5-6,9-10H,2-4,11H2,1H3/t9-,10-/m1/s1. The summed E-state index contributed by atoms with van der Waals surface area (Å²) < 4.78 is 5.52. The molecule has 0 spiro atoms. The molecule has 1 aliphatic rings. The maximum Gasteiger partial charge on any atom is 0.125 e. The normalized spacial score (nSPS) is 23.7. The van der Waals surface area contributed by atoms with Crippen LogP contribution in [0.25, 0.3) is 0 Å². The van der Waals surface area contributed by atoms with Gasteiger partial charge in [0.1, 0.15) is 5.82 Å². The minimum absolute atomic E-state index is 0.0851. The Labute approximate surface area is 83.5 Å². The van der Waals surface area contributed by atoms with Gasteiger partial charge in [0.05, 0.1) is 12.1 Å². The largest absolute Gasteiger partial charge is 0.376 e. The summed E-state index contributed by atoms with van der Waals surface area (Å²) in [4.78, 5) is 8.25. The van der Waals surface area contributed by atoms with E-state index >= 15 is 0 Å². The second-order valence-electron chi connectivity index (χ2n) is 3.64. The molecule has 1 saturated heterocycles. The quantitative estimate of drug-likeness (QED) is 0.760.